The molecule has 0 spiro atoms. The summed E-state index contributed by atoms with van der Waals surface area (Å²) in [5.41, 5.74) is 2.51. The maximum Gasteiger partial charge on any atom is 0.302 e. The van der Waals surface area contributed by atoms with Crippen LogP contribution in [0.1, 0.15) is 123 Å². The fourth-order valence-electron chi connectivity index (χ4n) is 11.5. The molecule has 5 rings (SSSR count). The number of allylic oxidation sites excluding steroid dienone is 1. The monoisotopic (exact) mass is 544 g/mol. The molecule has 0 radical (unpaired) electrons. The second kappa shape index (κ2) is 9.18. The lowest BCUT2D eigenvalue weighted by Gasteiger charge is -2.72. The van der Waals surface area contributed by atoms with Gasteiger partial charge in [0, 0.05) is 34.0 Å². The lowest BCUT2D eigenvalue weighted by molar-refractivity contribution is -0.233. The summed E-state index contributed by atoms with van der Waals surface area (Å²) in [7, 11) is 0. The van der Waals surface area contributed by atoms with Crippen LogP contribution in [0.3, 0.4) is 0 Å². The molecule has 5 nitrogen and oxygen atoms in total. The number of hydrogen-bond donors (Lipinski definition) is 0. The number of esters is 2. The molecule has 0 saturated heterocycles. The van der Waals surface area contributed by atoms with Crippen molar-refractivity contribution in [3.8, 4) is 0 Å². The number of Topliss-reactive ketones (excluding diaryl/α,β-unsaturated/α-hetero) is 1. The van der Waals surface area contributed by atoms with Crippen molar-refractivity contribution < 1.29 is 26.7 Å². The molecule has 0 aliphatic heterocycles. The Morgan fingerprint density at radius 2 is 1.56 bits per heavy atom. The highest BCUT2D eigenvalue weighted by Crippen LogP contribution is 2.76. The van der Waals surface area contributed by atoms with Gasteiger partial charge in [-0.15, -0.1) is 0 Å². The van der Waals surface area contributed by atoms with Crippen LogP contribution in [0, 0.1) is 50.7 Å². The van der Waals surface area contributed by atoms with Crippen molar-refractivity contribution >= 4 is 17.7 Å². The molecule has 5 aliphatic carbocycles. The van der Waals surface area contributed by atoms with Crippen LogP contribution in [0.5, 0.6) is 0 Å². The number of hydrogen-bond acceptors (Lipinski definition) is 5. The maximum atomic E-state index is 13.6. The first-order valence-corrected chi connectivity index (χ1v) is 15.6. The minimum absolute atomic E-state index is 0. The van der Waals surface area contributed by atoms with E-state index >= 15 is 0 Å². The van der Waals surface area contributed by atoms with Crippen LogP contribution in [-0.2, 0) is 23.9 Å². The van der Waals surface area contributed by atoms with E-state index in [1.54, 1.807) is 6.92 Å². The normalized spacial score (nSPS) is 44.7. The Bertz CT molecular complexity index is 1110. The molecule has 5 heteroatoms. The minimum Gasteiger partial charge on any atom is -0.465 e. The quantitative estimate of drug-likeness (QED) is 0.336. The lowest BCUT2D eigenvalue weighted by atomic mass is 9.33. The van der Waals surface area contributed by atoms with Gasteiger partial charge in [0.2, 0.25) is 0 Å². The molecule has 4 saturated carbocycles. The molecule has 0 aromatic carbocycles. The summed E-state index contributed by atoms with van der Waals surface area (Å²) in [6.45, 7) is 20.1. The predicted octanol–water partition coefficient (Wildman–Crippen LogP) is 7.95. The van der Waals surface area contributed by atoms with Gasteiger partial charge in [0.05, 0.1) is 0 Å². The lowest BCUT2D eigenvalue weighted by Crippen LogP contribution is -2.66. The van der Waals surface area contributed by atoms with Crippen molar-refractivity contribution in [3.05, 3.63) is 11.1 Å². The molecule has 0 heterocycles. The van der Waals surface area contributed by atoms with Gasteiger partial charge in [-0.1, -0.05) is 48.5 Å². The van der Waals surface area contributed by atoms with Crippen LogP contribution in [-0.4, -0.2) is 30.4 Å². The van der Waals surface area contributed by atoms with Gasteiger partial charge in [0.25, 0.3) is 0 Å². The highest BCUT2D eigenvalue weighted by atomic mass is 16.5. The Morgan fingerprint density at radius 1 is 0.872 bits per heavy atom. The van der Waals surface area contributed by atoms with Gasteiger partial charge in [-0.05, 0) is 102 Å². The Balaban J connectivity index is 0.00000231. The maximum absolute atomic E-state index is 13.6. The molecular weight excluding hydrogens is 488 g/mol. The van der Waals surface area contributed by atoms with Gasteiger partial charge in [-0.3, -0.25) is 14.4 Å². The summed E-state index contributed by atoms with van der Waals surface area (Å²) in [6.07, 6.45) is 9.15. The van der Waals surface area contributed by atoms with E-state index in [9.17, 15) is 14.4 Å². The Labute approximate surface area is 239 Å². The number of rotatable bonds is 4. The number of carbonyl (C=O) groups is 3. The average molecular weight is 545 g/mol. The van der Waals surface area contributed by atoms with Crippen molar-refractivity contribution in [1.82, 2.24) is 0 Å². The third-order valence-electron chi connectivity index (χ3n) is 13.4. The van der Waals surface area contributed by atoms with Crippen LogP contribution >= 0.6 is 0 Å². The number of fused-ring (bicyclic) bond motifs is 7. The first-order valence-electron chi connectivity index (χ1n) is 15.6. The Kier molecular flexibility index (Phi) is 6.79. The SMILES string of the molecule is CC(=O)OC[C@@]12CC[C@]3(C)[C@H](CCC4[C@@]5(C)CC[C@H](OC(C)=O)C(C)(C)C5CC[C@]43C)C1=C(C(C)C)C(=O)C2.[HH].[HH]. The van der Waals surface area contributed by atoms with Crippen molar-refractivity contribution in [2.45, 2.75) is 126 Å². The van der Waals surface area contributed by atoms with Gasteiger partial charge in [-0.2, -0.15) is 0 Å². The zero-order valence-electron chi connectivity index (χ0n) is 26.0. The molecule has 5 aliphatic rings. The Morgan fingerprint density at radius 3 is 2.18 bits per heavy atom. The number of ketones is 1. The topological polar surface area (TPSA) is 69.7 Å². The van der Waals surface area contributed by atoms with E-state index < -0.39 is 0 Å². The summed E-state index contributed by atoms with van der Waals surface area (Å²) in [5, 5.41) is 0. The second-order valence-corrected chi connectivity index (χ2v) is 15.7. The smallest absolute Gasteiger partial charge is 0.302 e. The van der Waals surface area contributed by atoms with Crippen LogP contribution in [0.2, 0.25) is 0 Å². The van der Waals surface area contributed by atoms with Crippen LogP contribution in [0.4, 0.5) is 0 Å². The summed E-state index contributed by atoms with van der Waals surface area (Å²) < 4.78 is 11.6. The van der Waals surface area contributed by atoms with Crippen molar-refractivity contribution in [3.63, 3.8) is 0 Å². The van der Waals surface area contributed by atoms with E-state index in [-0.39, 0.29) is 59.7 Å². The van der Waals surface area contributed by atoms with E-state index in [2.05, 4.69) is 48.5 Å². The van der Waals surface area contributed by atoms with Crippen molar-refractivity contribution in [1.29, 1.82) is 0 Å². The summed E-state index contributed by atoms with van der Waals surface area (Å²) >= 11 is 0. The van der Waals surface area contributed by atoms with E-state index in [4.69, 9.17) is 9.47 Å². The predicted molar refractivity (Wildman–Crippen MR) is 156 cm³/mol. The fraction of sp³-hybridized carbons (Fsp3) is 0.853. The fourth-order valence-corrected chi connectivity index (χ4v) is 11.5. The van der Waals surface area contributed by atoms with Crippen molar-refractivity contribution in [2.75, 3.05) is 6.61 Å². The Hall–Kier alpha value is -1.65. The van der Waals surface area contributed by atoms with E-state index in [1.165, 1.54) is 25.3 Å². The molecule has 0 amide bonds. The molecule has 0 aromatic rings. The van der Waals surface area contributed by atoms with E-state index in [0.29, 0.717) is 30.8 Å². The first-order chi connectivity index (χ1) is 18.0. The van der Waals surface area contributed by atoms with Gasteiger partial charge >= 0.3 is 11.9 Å². The molecule has 4 fully saturated rings. The zero-order valence-corrected chi connectivity index (χ0v) is 26.0. The molecule has 2 unspecified atom stereocenters. The van der Waals surface area contributed by atoms with E-state index in [1.807, 2.05) is 0 Å². The molecule has 8 atom stereocenters. The standard InChI is InChI=1S/C34H52O5.2H2/c1-20(2)28-24(37)18-34(19-38-21(3)35)17-16-32(8)23(29(28)34)10-11-26-31(7)14-13-27(39-22(4)36)30(5,6)25(31)12-15-33(26,32)9;;/h20,23,25-27H,10-19H2,1-9H3;2*1H/t23-,25?,26?,27+,31+,32-,33-,34+;;/m1../s1. The highest BCUT2D eigenvalue weighted by Gasteiger charge is 2.70. The van der Waals surface area contributed by atoms with Crippen LogP contribution < -0.4 is 0 Å². The van der Waals surface area contributed by atoms with E-state index in [0.717, 1.165) is 44.1 Å². The average Bonchev–Trinajstić information content (AvgIpc) is 3.12. The molecule has 222 valence electrons. The molecule has 39 heavy (non-hydrogen) atoms. The number of carbonyl (C=O) groups excluding carboxylic acids is 3. The molecular formula is C34H56O5. The third kappa shape index (κ3) is 3.94. The van der Waals surface area contributed by atoms with Gasteiger partial charge in [0.15, 0.2) is 5.78 Å². The zero-order chi connectivity index (χ0) is 28.8. The van der Waals surface area contributed by atoms with Gasteiger partial charge in [-0.25, -0.2) is 0 Å². The molecule has 0 N–H and O–H groups in total. The highest BCUT2D eigenvalue weighted by molar-refractivity contribution is 6.00. The first kappa shape index (κ1) is 28.9. The number of ether oxygens (including phenoxy) is 2. The molecule has 0 aromatic heterocycles. The van der Waals surface area contributed by atoms with Gasteiger partial charge < -0.3 is 9.47 Å². The second-order valence-electron chi connectivity index (χ2n) is 15.7. The third-order valence-corrected chi connectivity index (χ3v) is 13.4. The van der Waals surface area contributed by atoms with Gasteiger partial charge in [0.1, 0.15) is 12.7 Å². The largest absolute Gasteiger partial charge is 0.465 e. The summed E-state index contributed by atoms with van der Waals surface area (Å²) in [6, 6.07) is 0. The van der Waals surface area contributed by atoms with Crippen LogP contribution in [0.25, 0.3) is 0 Å². The molecule has 0 bridgehead atoms. The minimum atomic E-state index is -0.319. The van der Waals surface area contributed by atoms with Crippen molar-refractivity contribution in [2.24, 2.45) is 50.7 Å². The summed E-state index contributed by atoms with van der Waals surface area (Å²) in [4.78, 5) is 37.4. The summed E-state index contributed by atoms with van der Waals surface area (Å²) in [5.74, 6) is 1.53. The van der Waals surface area contributed by atoms with Crippen LogP contribution in [0.15, 0.2) is 11.1 Å².